The number of aromatic nitrogens is 4. The lowest BCUT2D eigenvalue weighted by molar-refractivity contribution is 0.160. The van der Waals surface area contributed by atoms with Crippen LogP contribution in [0.25, 0.3) is 5.78 Å². The van der Waals surface area contributed by atoms with E-state index in [1.165, 1.54) is 25.0 Å². The van der Waals surface area contributed by atoms with Gasteiger partial charge < -0.3 is 5.32 Å². The minimum absolute atomic E-state index is 0. The SMILES string of the molecule is Cl.c1ccc(CN(Cc2cnc3ncccn23)C2CCCNCC2)nc1. The van der Waals surface area contributed by atoms with E-state index in [1.807, 2.05) is 30.7 Å². The van der Waals surface area contributed by atoms with Gasteiger partial charge in [-0.05, 0) is 50.6 Å². The molecule has 0 saturated carbocycles. The van der Waals surface area contributed by atoms with Gasteiger partial charge in [0, 0.05) is 37.7 Å². The summed E-state index contributed by atoms with van der Waals surface area (Å²) < 4.78 is 2.08. The molecule has 7 heteroatoms. The zero-order chi connectivity index (χ0) is 16.9. The Bertz CT molecular complexity index is 798. The van der Waals surface area contributed by atoms with Crippen LogP contribution in [-0.2, 0) is 13.1 Å². The molecule has 0 radical (unpaired) electrons. The van der Waals surface area contributed by atoms with Crippen molar-refractivity contribution in [2.45, 2.75) is 38.4 Å². The van der Waals surface area contributed by atoms with Crippen LogP contribution < -0.4 is 5.32 Å². The van der Waals surface area contributed by atoms with Crippen LogP contribution in [0.15, 0.2) is 49.1 Å². The molecule has 1 atom stereocenters. The average molecular weight is 373 g/mol. The highest BCUT2D eigenvalue weighted by atomic mass is 35.5. The van der Waals surface area contributed by atoms with Crippen molar-refractivity contribution in [3.8, 4) is 0 Å². The van der Waals surface area contributed by atoms with E-state index in [4.69, 9.17) is 0 Å². The molecule has 0 aromatic carbocycles. The Balaban J connectivity index is 0.00000196. The van der Waals surface area contributed by atoms with Crippen LogP contribution in [-0.4, -0.2) is 43.4 Å². The second-order valence-corrected chi connectivity index (χ2v) is 6.60. The average Bonchev–Trinajstić information content (AvgIpc) is 2.88. The highest BCUT2D eigenvalue weighted by molar-refractivity contribution is 5.85. The number of hydrogen-bond acceptors (Lipinski definition) is 5. The Morgan fingerprint density at radius 2 is 1.96 bits per heavy atom. The molecule has 4 heterocycles. The van der Waals surface area contributed by atoms with Gasteiger partial charge in [0.15, 0.2) is 0 Å². The second kappa shape index (κ2) is 9.07. The molecule has 1 aliphatic rings. The van der Waals surface area contributed by atoms with Crippen LogP contribution in [0.4, 0.5) is 0 Å². The normalized spacial score (nSPS) is 17.8. The third kappa shape index (κ3) is 4.38. The number of hydrogen-bond donors (Lipinski definition) is 1. The zero-order valence-corrected chi connectivity index (χ0v) is 15.6. The second-order valence-electron chi connectivity index (χ2n) is 6.60. The molecule has 1 saturated heterocycles. The van der Waals surface area contributed by atoms with Crippen molar-refractivity contribution in [1.82, 2.24) is 29.6 Å². The van der Waals surface area contributed by atoms with Gasteiger partial charge in [-0.25, -0.2) is 9.97 Å². The van der Waals surface area contributed by atoms with E-state index in [1.54, 1.807) is 6.20 Å². The Kier molecular flexibility index (Phi) is 6.55. The Morgan fingerprint density at radius 3 is 2.85 bits per heavy atom. The van der Waals surface area contributed by atoms with Gasteiger partial charge in [0.05, 0.1) is 17.6 Å². The van der Waals surface area contributed by atoms with Gasteiger partial charge >= 0.3 is 0 Å². The fraction of sp³-hybridized carbons (Fsp3) is 0.421. The monoisotopic (exact) mass is 372 g/mol. The molecule has 26 heavy (non-hydrogen) atoms. The van der Waals surface area contributed by atoms with Crippen molar-refractivity contribution < 1.29 is 0 Å². The molecule has 0 amide bonds. The number of imidazole rings is 1. The number of nitrogens with one attached hydrogen (secondary N) is 1. The third-order valence-corrected chi connectivity index (χ3v) is 4.88. The molecule has 3 aromatic heterocycles. The summed E-state index contributed by atoms with van der Waals surface area (Å²) in [5, 5.41) is 3.51. The van der Waals surface area contributed by atoms with Crippen molar-refractivity contribution in [1.29, 1.82) is 0 Å². The van der Waals surface area contributed by atoms with E-state index >= 15 is 0 Å². The van der Waals surface area contributed by atoms with Crippen molar-refractivity contribution in [3.05, 3.63) is 60.4 Å². The summed E-state index contributed by atoms with van der Waals surface area (Å²) in [4.78, 5) is 15.9. The van der Waals surface area contributed by atoms with Crippen molar-refractivity contribution >= 4 is 18.2 Å². The number of fused-ring (bicyclic) bond motifs is 1. The first-order chi connectivity index (χ1) is 12.4. The zero-order valence-electron chi connectivity index (χ0n) is 14.8. The standard InChI is InChI=1S/C19H24N6.ClH/c1-2-9-21-16(5-1)14-24(17-6-3-8-20-11-7-17)15-18-13-23-19-22-10-4-12-25(18)19;/h1-2,4-5,9-10,12-13,17,20H,3,6-8,11,14-15H2;1H. The summed E-state index contributed by atoms with van der Waals surface area (Å²) in [6.07, 6.45) is 11.3. The summed E-state index contributed by atoms with van der Waals surface area (Å²) in [6.45, 7) is 3.92. The van der Waals surface area contributed by atoms with Gasteiger partial charge in [-0.2, -0.15) is 0 Å². The molecule has 3 aromatic rings. The van der Waals surface area contributed by atoms with Gasteiger partial charge in [-0.1, -0.05) is 6.07 Å². The van der Waals surface area contributed by atoms with Gasteiger partial charge in [-0.3, -0.25) is 14.3 Å². The molecule has 6 nitrogen and oxygen atoms in total. The van der Waals surface area contributed by atoms with E-state index in [2.05, 4.69) is 41.7 Å². The smallest absolute Gasteiger partial charge is 0.233 e. The first-order valence-corrected chi connectivity index (χ1v) is 9.02. The predicted molar refractivity (Wildman–Crippen MR) is 104 cm³/mol. The molecule has 1 unspecified atom stereocenters. The molecule has 4 rings (SSSR count). The van der Waals surface area contributed by atoms with Crippen LogP contribution in [0.5, 0.6) is 0 Å². The van der Waals surface area contributed by atoms with E-state index < -0.39 is 0 Å². The third-order valence-electron chi connectivity index (χ3n) is 4.88. The molecular weight excluding hydrogens is 348 g/mol. The lowest BCUT2D eigenvalue weighted by Gasteiger charge is -2.30. The first-order valence-electron chi connectivity index (χ1n) is 9.02. The van der Waals surface area contributed by atoms with Crippen LogP contribution >= 0.6 is 12.4 Å². The Hall–Kier alpha value is -2.02. The minimum atomic E-state index is 0. The fourth-order valence-electron chi connectivity index (χ4n) is 3.58. The molecule has 138 valence electrons. The lowest BCUT2D eigenvalue weighted by atomic mass is 10.1. The molecule has 0 bridgehead atoms. The van der Waals surface area contributed by atoms with Crippen LogP contribution in [0.2, 0.25) is 0 Å². The summed E-state index contributed by atoms with van der Waals surface area (Å²) >= 11 is 0. The van der Waals surface area contributed by atoms with Crippen LogP contribution in [0, 0.1) is 0 Å². The summed E-state index contributed by atoms with van der Waals surface area (Å²) in [5.41, 5.74) is 2.29. The highest BCUT2D eigenvalue weighted by Crippen LogP contribution is 2.19. The minimum Gasteiger partial charge on any atom is -0.317 e. The molecule has 1 N–H and O–H groups in total. The van der Waals surface area contributed by atoms with Crippen LogP contribution in [0.1, 0.15) is 30.7 Å². The summed E-state index contributed by atoms with van der Waals surface area (Å²) in [7, 11) is 0. The van der Waals surface area contributed by atoms with Crippen LogP contribution in [0.3, 0.4) is 0 Å². The maximum atomic E-state index is 4.54. The summed E-state index contributed by atoms with van der Waals surface area (Å²) in [6, 6.07) is 8.65. The largest absolute Gasteiger partial charge is 0.317 e. The van der Waals surface area contributed by atoms with Gasteiger partial charge in [0.1, 0.15) is 0 Å². The maximum absolute atomic E-state index is 4.54. The van der Waals surface area contributed by atoms with E-state index in [9.17, 15) is 0 Å². The quantitative estimate of drug-likeness (QED) is 0.746. The molecule has 0 aliphatic carbocycles. The number of halogens is 1. The number of rotatable bonds is 5. The molecule has 1 aliphatic heterocycles. The van der Waals surface area contributed by atoms with E-state index in [0.29, 0.717) is 6.04 Å². The van der Waals surface area contributed by atoms with Gasteiger partial charge in [0.25, 0.3) is 0 Å². The topological polar surface area (TPSA) is 58.4 Å². The van der Waals surface area contributed by atoms with Crippen molar-refractivity contribution in [2.24, 2.45) is 0 Å². The Morgan fingerprint density at radius 1 is 1.04 bits per heavy atom. The molecule has 1 fully saturated rings. The molecular formula is C19H25ClN6. The summed E-state index contributed by atoms with van der Waals surface area (Å²) in [5.74, 6) is 0.762. The van der Waals surface area contributed by atoms with Crippen molar-refractivity contribution in [2.75, 3.05) is 13.1 Å². The molecule has 0 spiro atoms. The van der Waals surface area contributed by atoms with Gasteiger partial charge in [-0.15, -0.1) is 12.4 Å². The van der Waals surface area contributed by atoms with E-state index in [-0.39, 0.29) is 12.4 Å². The predicted octanol–water partition coefficient (Wildman–Crippen LogP) is 2.69. The maximum Gasteiger partial charge on any atom is 0.233 e. The van der Waals surface area contributed by atoms with Gasteiger partial charge in [0.2, 0.25) is 5.78 Å². The van der Waals surface area contributed by atoms with E-state index in [0.717, 1.165) is 37.7 Å². The van der Waals surface area contributed by atoms with Crippen molar-refractivity contribution in [3.63, 3.8) is 0 Å². The number of nitrogens with zero attached hydrogens (tertiary/aromatic N) is 5. The Labute approximate surface area is 160 Å². The fourth-order valence-corrected chi connectivity index (χ4v) is 3.58. The first kappa shape index (κ1) is 18.8. The highest BCUT2D eigenvalue weighted by Gasteiger charge is 2.22. The number of pyridine rings is 1. The lowest BCUT2D eigenvalue weighted by Crippen LogP contribution is -2.35.